The summed E-state index contributed by atoms with van der Waals surface area (Å²) in [5, 5.41) is 2.65. The molecule has 2 aromatic rings. The lowest BCUT2D eigenvalue weighted by molar-refractivity contribution is -0.270. The average molecular weight is 467 g/mol. The van der Waals surface area contributed by atoms with Gasteiger partial charge in [0.25, 0.3) is 11.5 Å². The first-order valence-corrected chi connectivity index (χ1v) is 10.4. The lowest BCUT2D eigenvalue weighted by atomic mass is 9.91. The number of nitrogens with zero attached hydrogens (tertiary/aromatic N) is 2. The van der Waals surface area contributed by atoms with Gasteiger partial charge in [-0.15, -0.1) is 0 Å². The van der Waals surface area contributed by atoms with E-state index in [2.05, 4.69) is 5.32 Å². The summed E-state index contributed by atoms with van der Waals surface area (Å²) in [6.45, 7) is 0.749. The van der Waals surface area contributed by atoms with Gasteiger partial charge in [-0.1, -0.05) is 30.3 Å². The predicted molar refractivity (Wildman–Crippen MR) is 114 cm³/mol. The van der Waals surface area contributed by atoms with E-state index in [9.17, 15) is 27.2 Å². The zero-order valence-electron chi connectivity index (χ0n) is 18.1. The summed E-state index contributed by atoms with van der Waals surface area (Å²) in [6.07, 6.45) is -4.58. The summed E-state index contributed by atoms with van der Waals surface area (Å²) < 4.78 is 60.5. The summed E-state index contributed by atoms with van der Waals surface area (Å²) in [5.41, 5.74) is -2.96. The van der Waals surface area contributed by atoms with Crippen molar-refractivity contribution in [1.82, 2.24) is 9.80 Å². The van der Waals surface area contributed by atoms with Crippen LogP contribution >= 0.6 is 0 Å². The molecule has 0 spiro atoms. The van der Waals surface area contributed by atoms with Crippen molar-refractivity contribution >= 4 is 17.5 Å². The molecular weight excluding hydrogens is 442 g/mol. The van der Waals surface area contributed by atoms with Crippen LogP contribution in [0.2, 0.25) is 0 Å². The van der Waals surface area contributed by atoms with Gasteiger partial charge in [-0.3, -0.25) is 14.5 Å². The molecule has 1 aliphatic heterocycles. The molecule has 1 atom stereocenters. The first kappa shape index (κ1) is 24.7. The SMILES string of the molecule is COC(C(=O)N1CCCN(CC(=O)Nc2ccc(F)cc2)CC1)(c1ccccc1)C(F)(F)F. The second kappa shape index (κ2) is 10.3. The number of alkyl halides is 3. The Morgan fingerprint density at radius 3 is 2.24 bits per heavy atom. The monoisotopic (exact) mass is 467 g/mol. The second-order valence-corrected chi connectivity index (χ2v) is 7.73. The molecule has 0 aromatic heterocycles. The number of methoxy groups -OCH3 is 1. The Morgan fingerprint density at radius 1 is 0.970 bits per heavy atom. The van der Waals surface area contributed by atoms with Gasteiger partial charge in [-0.05, 0) is 30.7 Å². The van der Waals surface area contributed by atoms with Crippen molar-refractivity contribution in [2.24, 2.45) is 0 Å². The number of amides is 2. The number of benzene rings is 2. The Hall–Kier alpha value is -2.98. The summed E-state index contributed by atoms with van der Waals surface area (Å²) >= 11 is 0. The van der Waals surface area contributed by atoms with Crippen molar-refractivity contribution in [2.75, 3.05) is 45.2 Å². The second-order valence-electron chi connectivity index (χ2n) is 7.73. The largest absolute Gasteiger partial charge is 0.430 e. The fourth-order valence-electron chi connectivity index (χ4n) is 3.89. The van der Waals surface area contributed by atoms with Gasteiger partial charge in [0.2, 0.25) is 5.91 Å². The van der Waals surface area contributed by atoms with E-state index in [0.717, 1.165) is 12.0 Å². The maximum Gasteiger partial charge on any atom is 0.430 e. The number of halogens is 4. The molecule has 178 valence electrons. The Bertz CT molecular complexity index is 954. The molecule has 0 bridgehead atoms. The summed E-state index contributed by atoms with van der Waals surface area (Å²) in [5.74, 6) is -1.94. The van der Waals surface area contributed by atoms with Crippen LogP contribution in [0.15, 0.2) is 54.6 Å². The minimum absolute atomic E-state index is 0.00716. The molecule has 6 nitrogen and oxygen atoms in total. The van der Waals surface area contributed by atoms with Crippen LogP contribution in [0.25, 0.3) is 0 Å². The van der Waals surface area contributed by atoms with E-state index in [0.29, 0.717) is 18.7 Å². The van der Waals surface area contributed by atoms with Crippen LogP contribution in [-0.2, 0) is 19.9 Å². The highest BCUT2D eigenvalue weighted by molar-refractivity contribution is 5.92. The molecule has 1 unspecified atom stereocenters. The normalized spacial score (nSPS) is 17.2. The van der Waals surface area contributed by atoms with E-state index < -0.39 is 23.5 Å². The Morgan fingerprint density at radius 2 is 1.64 bits per heavy atom. The highest BCUT2D eigenvalue weighted by Crippen LogP contribution is 2.43. The van der Waals surface area contributed by atoms with Crippen LogP contribution in [0, 0.1) is 5.82 Å². The molecular formula is C23H25F4N3O3. The lowest BCUT2D eigenvalue weighted by Gasteiger charge is -2.37. The van der Waals surface area contributed by atoms with Gasteiger partial charge in [-0.2, -0.15) is 13.2 Å². The van der Waals surface area contributed by atoms with E-state index in [1.165, 1.54) is 48.5 Å². The summed E-state index contributed by atoms with van der Waals surface area (Å²) in [6, 6.07) is 12.2. The van der Waals surface area contributed by atoms with Crippen LogP contribution < -0.4 is 5.32 Å². The maximum atomic E-state index is 14.2. The third-order valence-corrected chi connectivity index (χ3v) is 5.56. The Balaban J connectivity index is 1.69. The minimum Gasteiger partial charge on any atom is -0.356 e. The molecule has 10 heteroatoms. The molecule has 1 aliphatic rings. The minimum atomic E-state index is -4.97. The van der Waals surface area contributed by atoms with E-state index in [1.807, 2.05) is 0 Å². The fourth-order valence-corrected chi connectivity index (χ4v) is 3.89. The van der Waals surface area contributed by atoms with E-state index >= 15 is 0 Å². The first-order chi connectivity index (χ1) is 15.7. The van der Waals surface area contributed by atoms with Gasteiger partial charge in [-0.25, -0.2) is 4.39 Å². The first-order valence-electron chi connectivity index (χ1n) is 10.4. The third kappa shape index (κ3) is 5.51. The predicted octanol–water partition coefficient (Wildman–Crippen LogP) is 3.40. The van der Waals surface area contributed by atoms with Crippen LogP contribution in [0.3, 0.4) is 0 Å². The quantitative estimate of drug-likeness (QED) is 0.662. The molecule has 0 saturated carbocycles. The molecule has 3 rings (SSSR count). The number of hydrogen-bond acceptors (Lipinski definition) is 4. The lowest BCUT2D eigenvalue weighted by Crippen LogP contribution is -2.57. The fraction of sp³-hybridized carbons (Fsp3) is 0.391. The van der Waals surface area contributed by atoms with Crippen molar-refractivity contribution in [3.8, 4) is 0 Å². The van der Waals surface area contributed by atoms with Crippen LogP contribution in [0.5, 0.6) is 0 Å². The summed E-state index contributed by atoms with van der Waals surface area (Å²) in [4.78, 5) is 28.4. The van der Waals surface area contributed by atoms with Gasteiger partial charge in [0.1, 0.15) is 5.82 Å². The molecule has 0 radical (unpaired) electrons. The van der Waals surface area contributed by atoms with Gasteiger partial charge in [0.05, 0.1) is 6.54 Å². The van der Waals surface area contributed by atoms with E-state index in [1.54, 1.807) is 11.0 Å². The van der Waals surface area contributed by atoms with Crippen molar-refractivity contribution in [1.29, 1.82) is 0 Å². The van der Waals surface area contributed by atoms with Crippen molar-refractivity contribution in [2.45, 2.75) is 18.2 Å². The molecule has 33 heavy (non-hydrogen) atoms. The number of carbonyl (C=O) groups is 2. The number of carbonyl (C=O) groups excluding carboxylic acids is 2. The van der Waals surface area contributed by atoms with Gasteiger partial charge in [0.15, 0.2) is 0 Å². The summed E-state index contributed by atoms with van der Waals surface area (Å²) in [7, 11) is 0.877. The number of rotatable bonds is 6. The molecule has 1 fully saturated rings. The number of anilines is 1. The zero-order valence-corrected chi connectivity index (χ0v) is 18.1. The van der Waals surface area contributed by atoms with Gasteiger partial charge >= 0.3 is 6.18 Å². The Labute approximate surface area is 189 Å². The molecule has 1 heterocycles. The standard InChI is InChI=1S/C23H25F4N3O3/c1-33-22(23(25,26)27,17-6-3-2-4-7-17)21(32)30-13-5-12-29(14-15-30)16-20(31)28-19-10-8-18(24)9-11-19/h2-4,6-11H,5,12-16H2,1H3,(H,28,31). The van der Waals surface area contributed by atoms with Gasteiger partial charge < -0.3 is 15.0 Å². The van der Waals surface area contributed by atoms with Gasteiger partial charge in [0, 0.05) is 44.5 Å². The smallest absolute Gasteiger partial charge is 0.356 e. The number of hydrogen-bond donors (Lipinski definition) is 1. The molecule has 1 N–H and O–H groups in total. The molecule has 2 amide bonds. The van der Waals surface area contributed by atoms with Crippen LogP contribution in [0.1, 0.15) is 12.0 Å². The molecule has 1 saturated heterocycles. The highest BCUT2D eigenvalue weighted by atomic mass is 19.4. The van der Waals surface area contributed by atoms with Crippen molar-refractivity contribution in [3.63, 3.8) is 0 Å². The third-order valence-electron chi connectivity index (χ3n) is 5.56. The highest BCUT2D eigenvalue weighted by Gasteiger charge is 2.63. The molecule has 0 aliphatic carbocycles. The van der Waals surface area contributed by atoms with E-state index in [-0.39, 0.29) is 37.6 Å². The zero-order chi connectivity index (χ0) is 24.1. The van der Waals surface area contributed by atoms with E-state index in [4.69, 9.17) is 4.74 Å². The Kier molecular flexibility index (Phi) is 7.70. The molecule has 2 aromatic carbocycles. The maximum absolute atomic E-state index is 14.2. The number of ether oxygens (including phenoxy) is 1. The van der Waals surface area contributed by atoms with Crippen LogP contribution in [0.4, 0.5) is 23.2 Å². The topological polar surface area (TPSA) is 61.9 Å². The number of nitrogens with one attached hydrogen (secondary N) is 1. The van der Waals surface area contributed by atoms with Crippen molar-refractivity contribution < 1.29 is 31.9 Å². The van der Waals surface area contributed by atoms with Crippen molar-refractivity contribution in [3.05, 3.63) is 66.0 Å². The van der Waals surface area contributed by atoms with Crippen LogP contribution in [-0.4, -0.2) is 67.6 Å². The average Bonchev–Trinajstić information content (AvgIpc) is 3.01.